The van der Waals surface area contributed by atoms with Gasteiger partial charge in [-0.1, -0.05) is 257 Å². The van der Waals surface area contributed by atoms with Crippen molar-refractivity contribution in [3.05, 3.63) is 0 Å². The van der Waals surface area contributed by atoms with Crippen molar-refractivity contribution >= 4 is 0 Å². The largest absolute Gasteiger partial charge is 0.396 e. The van der Waals surface area contributed by atoms with Crippen molar-refractivity contribution in [2.75, 3.05) is 6.61 Å². The maximum Gasteiger partial charge on any atom is 0.0568 e. The summed E-state index contributed by atoms with van der Waals surface area (Å²) < 4.78 is 0. The summed E-state index contributed by atoms with van der Waals surface area (Å²) in [5, 5.41) is 29.5. The van der Waals surface area contributed by atoms with E-state index in [1.807, 2.05) is 6.92 Å². The second-order valence-electron chi connectivity index (χ2n) is 17.8. The van der Waals surface area contributed by atoms with Gasteiger partial charge in [0.25, 0.3) is 0 Å². The van der Waals surface area contributed by atoms with E-state index in [-0.39, 0.29) is 12.2 Å². The third-order valence-electron chi connectivity index (χ3n) is 12.3. The van der Waals surface area contributed by atoms with Crippen molar-refractivity contribution in [2.24, 2.45) is 5.92 Å². The number of unbranched alkanes of at least 4 members (excludes halogenated alkanes) is 37. The van der Waals surface area contributed by atoms with Crippen LogP contribution in [0.5, 0.6) is 0 Å². The molecule has 0 rings (SSSR count). The molecule has 0 saturated carbocycles. The molecule has 53 heavy (non-hydrogen) atoms. The molecule has 0 aliphatic rings. The van der Waals surface area contributed by atoms with Gasteiger partial charge in [-0.2, -0.15) is 0 Å². The Labute approximate surface area is 335 Å². The molecule has 0 aromatic heterocycles. The lowest BCUT2D eigenvalue weighted by Gasteiger charge is -2.23. The van der Waals surface area contributed by atoms with Crippen molar-refractivity contribution in [1.29, 1.82) is 0 Å². The molecule has 0 heterocycles. The molecule has 3 atom stereocenters. The van der Waals surface area contributed by atoms with Crippen LogP contribution in [0.3, 0.4) is 0 Å². The van der Waals surface area contributed by atoms with Gasteiger partial charge in [0, 0.05) is 6.61 Å². The molecule has 0 radical (unpaired) electrons. The summed E-state index contributed by atoms with van der Waals surface area (Å²) >= 11 is 0. The Morgan fingerprint density at radius 2 is 0.509 bits per heavy atom. The number of hydrogen-bond donors (Lipinski definition) is 3. The summed E-state index contributed by atoms with van der Waals surface area (Å²) in [6.45, 7) is 4.57. The smallest absolute Gasteiger partial charge is 0.0568 e. The van der Waals surface area contributed by atoms with E-state index in [0.717, 1.165) is 19.3 Å². The Kier molecular flexibility index (Phi) is 46.2. The van der Waals surface area contributed by atoms with E-state index in [1.54, 1.807) is 0 Å². The highest BCUT2D eigenvalue weighted by Gasteiger charge is 2.18. The number of aliphatic hydroxyl groups is 3. The predicted molar refractivity (Wildman–Crippen MR) is 237 cm³/mol. The lowest BCUT2D eigenvalue weighted by Crippen LogP contribution is -2.20. The summed E-state index contributed by atoms with van der Waals surface area (Å²) in [4.78, 5) is 0. The Bertz CT molecular complexity index is 636. The first-order valence-corrected chi connectivity index (χ1v) is 25.1. The second-order valence-corrected chi connectivity index (χ2v) is 17.8. The molecule has 3 unspecified atom stereocenters. The molecule has 0 aromatic rings. The normalized spacial score (nSPS) is 13.5. The van der Waals surface area contributed by atoms with Crippen molar-refractivity contribution < 1.29 is 15.3 Å². The molecule has 3 nitrogen and oxygen atoms in total. The average molecular weight is 751 g/mol. The van der Waals surface area contributed by atoms with Gasteiger partial charge in [-0.05, 0) is 44.9 Å². The molecular formula is C50H102O3. The molecule has 0 spiro atoms. The molecule has 0 aliphatic heterocycles. The molecule has 3 heteroatoms. The van der Waals surface area contributed by atoms with Crippen LogP contribution in [0.1, 0.15) is 296 Å². The first kappa shape index (κ1) is 52.9. The fourth-order valence-electron chi connectivity index (χ4n) is 8.57. The molecular weight excluding hydrogens is 649 g/mol. The fraction of sp³-hybridized carbons (Fsp3) is 1.00. The summed E-state index contributed by atoms with van der Waals surface area (Å²) in [6.07, 6.45) is 58.9. The van der Waals surface area contributed by atoms with E-state index in [1.165, 1.54) is 263 Å². The zero-order valence-corrected chi connectivity index (χ0v) is 36.9. The molecule has 3 N–H and O–H groups in total. The molecule has 0 amide bonds. The predicted octanol–water partition coefficient (Wildman–Crippen LogP) is 16.5. The van der Waals surface area contributed by atoms with E-state index in [4.69, 9.17) is 5.11 Å². The first-order valence-electron chi connectivity index (χ1n) is 25.1. The van der Waals surface area contributed by atoms with E-state index >= 15 is 0 Å². The average Bonchev–Trinajstić information content (AvgIpc) is 3.15. The SMILES string of the molecule is CCCCCCCCCCCCCCC(CCCCCCCCCCCCCCCCCO)C(O)CCCCCCCCCCCCCCCC(C)O. The third kappa shape index (κ3) is 44.5. The Balaban J connectivity index is 4.05. The Morgan fingerprint density at radius 1 is 0.283 bits per heavy atom. The quantitative estimate of drug-likeness (QED) is 0.0543. The van der Waals surface area contributed by atoms with Gasteiger partial charge in [-0.25, -0.2) is 0 Å². The minimum atomic E-state index is -0.124. The monoisotopic (exact) mass is 751 g/mol. The Hall–Kier alpha value is -0.120. The van der Waals surface area contributed by atoms with Crippen LogP contribution in [0.2, 0.25) is 0 Å². The lowest BCUT2D eigenvalue weighted by molar-refractivity contribution is 0.0829. The standard InChI is InChI=1S/C50H102O3/c1-3-4-5-6-7-8-9-19-24-29-34-39-44-49(45-40-35-30-25-20-15-11-10-12-17-22-27-32-37-42-47-51)50(53)46-41-36-31-26-21-16-13-14-18-23-28-33-38-43-48(2)52/h48-53H,3-47H2,1-2H3. The highest BCUT2D eigenvalue weighted by molar-refractivity contribution is 4.70. The highest BCUT2D eigenvalue weighted by atomic mass is 16.3. The van der Waals surface area contributed by atoms with Crippen LogP contribution in [0, 0.1) is 5.92 Å². The zero-order valence-electron chi connectivity index (χ0n) is 36.9. The van der Waals surface area contributed by atoms with E-state index in [9.17, 15) is 10.2 Å². The van der Waals surface area contributed by atoms with Crippen LogP contribution in [0.15, 0.2) is 0 Å². The van der Waals surface area contributed by atoms with Gasteiger partial charge in [-0.3, -0.25) is 0 Å². The van der Waals surface area contributed by atoms with Crippen molar-refractivity contribution in [3.8, 4) is 0 Å². The van der Waals surface area contributed by atoms with Crippen LogP contribution in [-0.2, 0) is 0 Å². The van der Waals surface area contributed by atoms with E-state index in [2.05, 4.69) is 6.92 Å². The first-order chi connectivity index (χ1) is 26.1. The van der Waals surface area contributed by atoms with Gasteiger partial charge in [0.15, 0.2) is 0 Å². The number of hydrogen-bond acceptors (Lipinski definition) is 3. The van der Waals surface area contributed by atoms with Gasteiger partial charge in [0.1, 0.15) is 0 Å². The molecule has 0 bridgehead atoms. The van der Waals surface area contributed by atoms with E-state index < -0.39 is 0 Å². The minimum absolute atomic E-state index is 0.0738. The molecule has 0 aromatic carbocycles. The van der Waals surface area contributed by atoms with Crippen LogP contribution in [-0.4, -0.2) is 34.1 Å². The maximum absolute atomic E-state index is 11.3. The van der Waals surface area contributed by atoms with Crippen LogP contribution < -0.4 is 0 Å². The van der Waals surface area contributed by atoms with Gasteiger partial charge in [-0.15, -0.1) is 0 Å². The van der Waals surface area contributed by atoms with Gasteiger partial charge in [0.05, 0.1) is 12.2 Å². The fourth-order valence-corrected chi connectivity index (χ4v) is 8.57. The summed E-state index contributed by atoms with van der Waals surface area (Å²) in [5.74, 6) is 0.533. The van der Waals surface area contributed by atoms with E-state index in [0.29, 0.717) is 12.5 Å². The van der Waals surface area contributed by atoms with Crippen molar-refractivity contribution in [1.82, 2.24) is 0 Å². The topological polar surface area (TPSA) is 60.7 Å². The summed E-state index contributed by atoms with van der Waals surface area (Å²) in [5.41, 5.74) is 0. The lowest BCUT2D eigenvalue weighted by atomic mass is 9.87. The maximum atomic E-state index is 11.3. The molecule has 0 aliphatic carbocycles. The van der Waals surface area contributed by atoms with Crippen molar-refractivity contribution in [3.63, 3.8) is 0 Å². The van der Waals surface area contributed by atoms with Crippen molar-refractivity contribution in [2.45, 2.75) is 309 Å². The third-order valence-corrected chi connectivity index (χ3v) is 12.3. The number of rotatable bonds is 47. The molecule has 0 fully saturated rings. The zero-order chi connectivity index (χ0) is 38.6. The highest BCUT2D eigenvalue weighted by Crippen LogP contribution is 2.26. The summed E-state index contributed by atoms with van der Waals surface area (Å²) in [7, 11) is 0. The second kappa shape index (κ2) is 46.3. The van der Waals surface area contributed by atoms with Gasteiger partial charge in [0.2, 0.25) is 0 Å². The summed E-state index contributed by atoms with van der Waals surface area (Å²) in [6, 6.07) is 0. The Morgan fingerprint density at radius 3 is 0.774 bits per heavy atom. The van der Waals surface area contributed by atoms with Crippen LogP contribution in [0.25, 0.3) is 0 Å². The van der Waals surface area contributed by atoms with Crippen LogP contribution in [0.4, 0.5) is 0 Å². The molecule has 320 valence electrons. The number of aliphatic hydroxyl groups excluding tert-OH is 3. The van der Waals surface area contributed by atoms with Gasteiger partial charge < -0.3 is 15.3 Å². The van der Waals surface area contributed by atoms with Crippen LogP contribution >= 0.6 is 0 Å². The van der Waals surface area contributed by atoms with Gasteiger partial charge >= 0.3 is 0 Å². The minimum Gasteiger partial charge on any atom is -0.396 e. The molecule has 0 saturated heterocycles.